The van der Waals surface area contributed by atoms with Crippen molar-refractivity contribution in [3.05, 3.63) is 60.2 Å². The fourth-order valence-electron chi connectivity index (χ4n) is 4.14. The maximum Gasteiger partial charge on any atom is 0.305 e. The lowest BCUT2D eigenvalue weighted by Crippen LogP contribution is -2.34. The standard InChI is InChI=1S/C24H29N5O2/c1-31-23(30)13-8-15-26-24-18-9-2-3-10-19(18)27-22(28-24)17-29-16-7-5-12-21(29)20-11-4-6-14-25-20/h2-4,6,9-11,14,21H,5,7-8,12-13,15-17H2,1H3,(H,26,27,28). The fourth-order valence-corrected chi connectivity index (χ4v) is 4.14. The van der Waals surface area contributed by atoms with E-state index >= 15 is 0 Å². The molecule has 1 saturated heterocycles. The Kier molecular flexibility index (Phi) is 7.04. The van der Waals surface area contributed by atoms with Gasteiger partial charge in [0, 0.05) is 24.5 Å². The number of carbonyl (C=O) groups is 1. The van der Waals surface area contributed by atoms with E-state index in [1.165, 1.54) is 20.0 Å². The number of piperidine rings is 1. The van der Waals surface area contributed by atoms with Crippen LogP contribution in [0.1, 0.15) is 49.7 Å². The fraction of sp³-hybridized carbons (Fsp3) is 0.417. The van der Waals surface area contributed by atoms with Crippen molar-refractivity contribution in [1.29, 1.82) is 0 Å². The van der Waals surface area contributed by atoms with E-state index in [1.807, 2.05) is 36.5 Å². The average molecular weight is 420 g/mol. The van der Waals surface area contributed by atoms with Crippen LogP contribution < -0.4 is 5.32 Å². The molecule has 4 rings (SSSR count). The minimum atomic E-state index is -0.194. The molecule has 7 heteroatoms. The van der Waals surface area contributed by atoms with Crippen molar-refractivity contribution in [2.45, 2.75) is 44.7 Å². The molecule has 3 heterocycles. The number of likely N-dealkylation sites (tertiary alicyclic amines) is 1. The number of esters is 1. The van der Waals surface area contributed by atoms with Gasteiger partial charge < -0.3 is 10.1 Å². The molecule has 1 aliphatic heterocycles. The van der Waals surface area contributed by atoms with Gasteiger partial charge in [-0.15, -0.1) is 0 Å². The SMILES string of the molecule is COC(=O)CCCNc1nc(CN2CCCCC2c2ccccn2)nc2ccccc12. The van der Waals surface area contributed by atoms with Crippen LogP contribution in [-0.4, -0.2) is 46.0 Å². The Morgan fingerprint density at radius 3 is 2.87 bits per heavy atom. The lowest BCUT2D eigenvalue weighted by atomic mass is 9.99. The third-order valence-electron chi connectivity index (χ3n) is 5.71. The molecule has 0 amide bonds. The Morgan fingerprint density at radius 2 is 2.03 bits per heavy atom. The summed E-state index contributed by atoms with van der Waals surface area (Å²) in [7, 11) is 1.42. The van der Waals surface area contributed by atoms with Crippen molar-refractivity contribution in [1.82, 2.24) is 19.9 Å². The van der Waals surface area contributed by atoms with Gasteiger partial charge in [-0.1, -0.05) is 24.6 Å². The summed E-state index contributed by atoms with van der Waals surface area (Å²) in [6.07, 6.45) is 6.43. The molecule has 0 aliphatic carbocycles. The molecule has 0 radical (unpaired) electrons. The number of ether oxygens (including phenoxy) is 1. The first kappa shape index (κ1) is 21.2. The summed E-state index contributed by atoms with van der Waals surface area (Å²) in [5, 5.41) is 4.39. The molecule has 2 aromatic heterocycles. The maximum absolute atomic E-state index is 11.4. The number of para-hydroxylation sites is 1. The molecule has 1 unspecified atom stereocenters. The van der Waals surface area contributed by atoms with Crippen molar-refractivity contribution in [2.24, 2.45) is 0 Å². The van der Waals surface area contributed by atoms with Gasteiger partial charge in [0.25, 0.3) is 0 Å². The molecule has 1 N–H and O–H groups in total. The summed E-state index contributed by atoms with van der Waals surface area (Å²) in [5.41, 5.74) is 2.04. The molecule has 0 bridgehead atoms. The monoisotopic (exact) mass is 419 g/mol. The van der Waals surface area contributed by atoms with Crippen molar-refractivity contribution < 1.29 is 9.53 Å². The van der Waals surface area contributed by atoms with Gasteiger partial charge in [0.05, 0.1) is 30.9 Å². The molecular weight excluding hydrogens is 390 g/mol. The lowest BCUT2D eigenvalue weighted by Gasteiger charge is -2.34. The Bertz CT molecular complexity index is 1010. The molecule has 1 fully saturated rings. The van der Waals surface area contributed by atoms with Gasteiger partial charge in [0.1, 0.15) is 11.6 Å². The first-order chi connectivity index (χ1) is 15.2. The molecule has 3 aromatic rings. The normalized spacial score (nSPS) is 16.9. The second kappa shape index (κ2) is 10.3. The summed E-state index contributed by atoms with van der Waals surface area (Å²) >= 11 is 0. The Balaban J connectivity index is 1.53. The van der Waals surface area contributed by atoms with Crippen LogP contribution in [0.4, 0.5) is 5.82 Å². The number of hydrogen-bond donors (Lipinski definition) is 1. The highest BCUT2D eigenvalue weighted by atomic mass is 16.5. The minimum absolute atomic E-state index is 0.194. The van der Waals surface area contributed by atoms with Crippen LogP contribution in [0.2, 0.25) is 0 Å². The summed E-state index contributed by atoms with van der Waals surface area (Å²) in [5.74, 6) is 1.43. The summed E-state index contributed by atoms with van der Waals surface area (Å²) < 4.78 is 4.72. The van der Waals surface area contributed by atoms with Gasteiger partial charge in [-0.3, -0.25) is 14.7 Å². The van der Waals surface area contributed by atoms with Crippen LogP contribution in [0.5, 0.6) is 0 Å². The highest BCUT2D eigenvalue weighted by molar-refractivity contribution is 5.89. The number of carbonyl (C=O) groups excluding carboxylic acids is 1. The van der Waals surface area contributed by atoms with Gasteiger partial charge in [-0.2, -0.15) is 0 Å². The topological polar surface area (TPSA) is 80.2 Å². The third-order valence-corrected chi connectivity index (χ3v) is 5.71. The second-order valence-corrected chi connectivity index (χ2v) is 7.85. The zero-order valence-electron chi connectivity index (χ0n) is 18.0. The number of anilines is 1. The average Bonchev–Trinajstić information content (AvgIpc) is 2.82. The van der Waals surface area contributed by atoms with Gasteiger partial charge in [-0.05, 0) is 50.1 Å². The predicted molar refractivity (Wildman–Crippen MR) is 121 cm³/mol. The molecule has 1 aromatic carbocycles. The van der Waals surface area contributed by atoms with Crippen molar-refractivity contribution in [3.8, 4) is 0 Å². The largest absolute Gasteiger partial charge is 0.469 e. The first-order valence-corrected chi connectivity index (χ1v) is 11.0. The molecule has 1 aliphatic rings. The lowest BCUT2D eigenvalue weighted by molar-refractivity contribution is -0.140. The summed E-state index contributed by atoms with van der Waals surface area (Å²) in [6.45, 7) is 2.35. The van der Waals surface area contributed by atoms with Crippen LogP contribution >= 0.6 is 0 Å². The smallest absolute Gasteiger partial charge is 0.305 e. The van der Waals surface area contributed by atoms with Crippen LogP contribution in [-0.2, 0) is 16.1 Å². The Labute approximate surface area is 182 Å². The number of nitrogens with zero attached hydrogens (tertiary/aromatic N) is 4. The number of rotatable bonds is 8. The minimum Gasteiger partial charge on any atom is -0.469 e. The first-order valence-electron chi connectivity index (χ1n) is 11.0. The highest BCUT2D eigenvalue weighted by Gasteiger charge is 2.26. The van der Waals surface area contributed by atoms with E-state index in [0.29, 0.717) is 32.0 Å². The van der Waals surface area contributed by atoms with Crippen molar-refractivity contribution >= 4 is 22.7 Å². The molecule has 0 spiro atoms. The number of aromatic nitrogens is 3. The molecule has 162 valence electrons. The quantitative estimate of drug-likeness (QED) is 0.435. The molecular formula is C24H29N5O2. The van der Waals surface area contributed by atoms with E-state index in [0.717, 1.165) is 41.2 Å². The zero-order chi connectivity index (χ0) is 21.5. The number of benzene rings is 1. The van der Waals surface area contributed by atoms with Crippen molar-refractivity contribution in [3.63, 3.8) is 0 Å². The Morgan fingerprint density at radius 1 is 1.16 bits per heavy atom. The number of hydrogen-bond acceptors (Lipinski definition) is 7. The van der Waals surface area contributed by atoms with E-state index < -0.39 is 0 Å². The second-order valence-electron chi connectivity index (χ2n) is 7.85. The predicted octanol–water partition coefficient (Wildman–Crippen LogP) is 4.12. The molecule has 31 heavy (non-hydrogen) atoms. The van der Waals surface area contributed by atoms with Crippen LogP contribution in [0.3, 0.4) is 0 Å². The van der Waals surface area contributed by atoms with E-state index in [-0.39, 0.29) is 5.97 Å². The number of pyridine rings is 1. The van der Waals surface area contributed by atoms with Crippen LogP contribution in [0.25, 0.3) is 10.9 Å². The number of fused-ring (bicyclic) bond motifs is 1. The number of methoxy groups -OCH3 is 1. The summed E-state index contributed by atoms with van der Waals surface area (Å²) in [6, 6.07) is 14.5. The van der Waals surface area contributed by atoms with Gasteiger partial charge in [0.2, 0.25) is 0 Å². The number of nitrogens with one attached hydrogen (secondary N) is 1. The van der Waals surface area contributed by atoms with Gasteiger partial charge >= 0.3 is 5.97 Å². The Hall–Kier alpha value is -3.06. The van der Waals surface area contributed by atoms with E-state index in [4.69, 9.17) is 14.7 Å². The van der Waals surface area contributed by atoms with Gasteiger partial charge in [0.15, 0.2) is 0 Å². The van der Waals surface area contributed by atoms with E-state index in [1.54, 1.807) is 0 Å². The van der Waals surface area contributed by atoms with E-state index in [2.05, 4.69) is 27.3 Å². The molecule has 1 atom stereocenters. The summed E-state index contributed by atoms with van der Waals surface area (Å²) in [4.78, 5) is 28.1. The molecule has 7 nitrogen and oxygen atoms in total. The maximum atomic E-state index is 11.4. The van der Waals surface area contributed by atoms with Crippen molar-refractivity contribution in [2.75, 3.05) is 25.5 Å². The molecule has 0 saturated carbocycles. The third kappa shape index (κ3) is 5.35. The van der Waals surface area contributed by atoms with Crippen LogP contribution in [0.15, 0.2) is 48.7 Å². The van der Waals surface area contributed by atoms with E-state index in [9.17, 15) is 4.79 Å². The highest BCUT2D eigenvalue weighted by Crippen LogP contribution is 2.31. The van der Waals surface area contributed by atoms with Gasteiger partial charge in [-0.25, -0.2) is 9.97 Å². The zero-order valence-corrected chi connectivity index (χ0v) is 18.0. The van der Waals surface area contributed by atoms with Crippen LogP contribution in [0, 0.1) is 0 Å².